The van der Waals surface area contributed by atoms with Crippen LogP contribution < -0.4 is 5.32 Å². The smallest absolute Gasteiger partial charge is 0.0691 e. The Hall–Kier alpha value is -0.680. The van der Waals surface area contributed by atoms with Gasteiger partial charge in [0.2, 0.25) is 0 Å². The molecule has 0 aliphatic carbocycles. The van der Waals surface area contributed by atoms with Crippen molar-refractivity contribution in [2.24, 2.45) is 0 Å². The Morgan fingerprint density at radius 3 is 3.00 bits per heavy atom. The molecule has 2 N–H and O–H groups in total. The molecule has 2 nitrogen and oxygen atoms in total. The lowest BCUT2D eigenvalue weighted by Crippen LogP contribution is -2.31. The molecule has 1 atom stereocenters. The first kappa shape index (κ1) is 14.7. The Bertz CT molecular complexity index is 502. The fourth-order valence-corrected chi connectivity index (χ4v) is 4.23. The normalized spacial score (nSPS) is 14.6. The quantitative estimate of drug-likeness (QED) is 0.566. The zero-order valence-corrected chi connectivity index (χ0v) is 12.9. The van der Waals surface area contributed by atoms with E-state index in [1.165, 1.54) is 14.3 Å². The summed E-state index contributed by atoms with van der Waals surface area (Å²) < 4.78 is 2.75. The van der Waals surface area contributed by atoms with Gasteiger partial charge in [-0.25, -0.2) is 0 Å². The summed E-state index contributed by atoms with van der Waals surface area (Å²) in [7, 11) is 0. The average molecular weight is 295 g/mol. The van der Waals surface area contributed by atoms with Crippen molar-refractivity contribution < 1.29 is 5.11 Å². The monoisotopic (exact) mass is 295 g/mol. The number of nitrogens with one attached hydrogen (secondary N) is 1. The van der Waals surface area contributed by atoms with Crippen molar-refractivity contribution in [2.45, 2.75) is 38.3 Å². The van der Waals surface area contributed by atoms with Gasteiger partial charge in [-0.1, -0.05) is 13.0 Å². The molecule has 0 aromatic carbocycles. The highest BCUT2D eigenvalue weighted by Gasteiger charge is 2.21. The summed E-state index contributed by atoms with van der Waals surface area (Å²) >= 11 is 3.64. The van der Waals surface area contributed by atoms with E-state index in [9.17, 15) is 5.11 Å². The van der Waals surface area contributed by atoms with Crippen LogP contribution in [0.1, 0.15) is 31.1 Å². The summed E-state index contributed by atoms with van der Waals surface area (Å²) in [5.74, 6) is 0. The maximum atomic E-state index is 10.3. The van der Waals surface area contributed by atoms with Gasteiger partial charge in [0.25, 0.3) is 0 Å². The lowest BCUT2D eigenvalue weighted by Gasteiger charge is -2.25. The Labute approximate surface area is 122 Å². The second-order valence-electron chi connectivity index (χ2n) is 4.86. The van der Waals surface area contributed by atoms with Crippen LogP contribution in [-0.4, -0.2) is 17.3 Å². The Morgan fingerprint density at radius 2 is 2.32 bits per heavy atom. The van der Waals surface area contributed by atoms with Gasteiger partial charge in [-0.15, -0.1) is 29.3 Å². The molecule has 2 aromatic heterocycles. The van der Waals surface area contributed by atoms with Gasteiger partial charge in [0, 0.05) is 20.8 Å². The number of rotatable bonds is 8. The number of hydrogen-bond acceptors (Lipinski definition) is 4. The molecular weight excluding hydrogens is 274 g/mol. The molecule has 0 spiro atoms. The second kappa shape index (κ2) is 6.66. The standard InChI is InChI=1S/C15H21NOS2/c1-3-6-15(17,4-2)7-8-16-11-12-10-14-13(19-12)5-9-18-14/h3,5,9-10,16-17H,1,4,6-8,11H2,2H3. The third-order valence-corrected chi connectivity index (χ3v) is 5.53. The zero-order valence-electron chi connectivity index (χ0n) is 11.3. The van der Waals surface area contributed by atoms with Crippen molar-refractivity contribution in [2.75, 3.05) is 6.54 Å². The first-order chi connectivity index (χ1) is 9.17. The van der Waals surface area contributed by atoms with Gasteiger partial charge in [0.1, 0.15) is 0 Å². The molecule has 2 aromatic rings. The van der Waals surface area contributed by atoms with Gasteiger partial charge in [-0.2, -0.15) is 0 Å². The molecule has 0 saturated heterocycles. The number of fused-ring (bicyclic) bond motifs is 1. The third kappa shape index (κ3) is 3.89. The van der Waals surface area contributed by atoms with Gasteiger partial charge in [-0.3, -0.25) is 0 Å². The molecule has 0 saturated carbocycles. The van der Waals surface area contributed by atoms with Gasteiger partial charge in [-0.05, 0) is 43.3 Å². The Balaban J connectivity index is 1.77. The van der Waals surface area contributed by atoms with Crippen LogP contribution in [0.2, 0.25) is 0 Å². The van der Waals surface area contributed by atoms with E-state index in [1.807, 2.05) is 18.3 Å². The van der Waals surface area contributed by atoms with Gasteiger partial charge in [0.15, 0.2) is 0 Å². The van der Waals surface area contributed by atoms with Gasteiger partial charge >= 0.3 is 0 Å². The van der Waals surface area contributed by atoms with E-state index < -0.39 is 5.60 Å². The molecule has 104 valence electrons. The summed E-state index contributed by atoms with van der Waals surface area (Å²) in [6.07, 6.45) is 4.02. The summed E-state index contributed by atoms with van der Waals surface area (Å²) in [5, 5.41) is 15.8. The summed E-state index contributed by atoms with van der Waals surface area (Å²) in [6.45, 7) is 7.46. The summed E-state index contributed by atoms with van der Waals surface area (Å²) in [4.78, 5) is 1.37. The van der Waals surface area contributed by atoms with Crippen LogP contribution in [0.5, 0.6) is 0 Å². The predicted molar refractivity (Wildman–Crippen MR) is 86.1 cm³/mol. The van der Waals surface area contributed by atoms with Crippen molar-refractivity contribution in [1.82, 2.24) is 5.32 Å². The molecule has 2 rings (SSSR count). The first-order valence-electron chi connectivity index (χ1n) is 6.67. The maximum Gasteiger partial charge on any atom is 0.0691 e. The lowest BCUT2D eigenvalue weighted by atomic mass is 9.93. The van der Waals surface area contributed by atoms with Crippen molar-refractivity contribution >= 4 is 32.1 Å². The third-order valence-electron chi connectivity index (χ3n) is 3.44. The minimum Gasteiger partial charge on any atom is -0.390 e. The molecule has 2 heterocycles. The Morgan fingerprint density at radius 1 is 1.47 bits per heavy atom. The minimum absolute atomic E-state index is 0.593. The van der Waals surface area contributed by atoms with E-state index in [-0.39, 0.29) is 0 Å². The summed E-state index contributed by atoms with van der Waals surface area (Å²) in [6, 6.07) is 4.43. The number of thiophene rings is 2. The molecular formula is C15H21NOS2. The van der Waals surface area contributed by atoms with Crippen LogP contribution in [-0.2, 0) is 6.54 Å². The number of hydrogen-bond donors (Lipinski definition) is 2. The van der Waals surface area contributed by atoms with Crippen LogP contribution in [0, 0.1) is 0 Å². The molecule has 0 fully saturated rings. The fourth-order valence-electron chi connectivity index (χ4n) is 2.13. The van der Waals surface area contributed by atoms with Gasteiger partial charge in [0.05, 0.1) is 5.60 Å². The molecule has 0 amide bonds. The van der Waals surface area contributed by atoms with Crippen LogP contribution in [0.25, 0.3) is 9.40 Å². The van der Waals surface area contributed by atoms with Crippen LogP contribution >= 0.6 is 22.7 Å². The predicted octanol–water partition coefficient (Wildman–Crippen LogP) is 4.16. The van der Waals surface area contributed by atoms with E-state index in [1.54, 1.807) is 17.4 Å². The second-order valence-corrected chi connectivity index (χ2v) is 6.98. The van der Waals surface area contributed by atoms with Crippen LogP contribution in [0.3, 0.4) is 0 Å². The molecule has 19 heavy (non-hydrogen) atoms. The van der Waals surface area contributed by atoms with E-state index in [0.717, 1.165) is 25.9 Å². The lowest BCUT2D eigenvalue weighted by molar-refractivity contribution is 0.0308. The van der Waals surface area contributed by atoms with Crippen molar-refractivity contribution in [3.8, 4) is 0 Å². The molecule has 0 bridgehead atoms. The largest absolute Gasteiger partial charge is 0.390 e. The van der Waals surface area contributed by atoms with Crippen molar-refractivity contribution in [3.63, 3.8) is 0 Å². The number of aliphatic hydroxyl groups is 1. The fraction of sp³-hybridized carbons (Fsp3) is 0.467. The molecule has 4 heteroatoms. The molecule has 0 radical (unpaired) electrons. The zero-order chi connectivity index (χ0) is 13.7. The SMILES string of the molecule is C=CCC(O)(CC)CCNCc1cc2sccc2s1. The maximum absolute atomic E-state index is 10.3. The molecule has 0 aliphatic rings. The van der Waals surface area contributed by atoms with Crippen LogP contribution in [0.4, 0.5) is 0 Å². The Kier molecular flexibility index (Phi) is 5.16. The highest BCUT2D eigenvalue weighted by Crippen LogP contribution is 2.29. The highest BCUT2D eigenvalue weighted by atomic mass is 32.1. The van der Waals surface area contributed by atoms with Crippen LogP contribution in [0.15, 0.2) is 30.2 Å². The van der Waals surface area contributed by atoms with E-state index in [2.05, 4.69) is 29.4 Å². The van der Waals surface area contributed by atoms with E-state index in [4.69, 9.17) is 0 Å². The topological polar surface area (TPSA) is 32.3 Å². The molecule has 1 unspecified atom stereocenters. The highest BCUT2D eigenvalue weighted by molar-refractivity contribution is 7.26. The molecule has 0 aliphatic heterocycles. The minimum atomic E-state index is -0.593. The first-order valence-corrected chi connectivity index (χ1v) is 8.36. The van der Waals surface area contributed by atoms with E-state index in [0.29, 0.717) is 6.42 Å². The van der Waals surface area contributed by atoms with Gasteiger partial charge < -0.3 is 10.4 Å². The summed E-state index contributed by atoms with van der Waals surface area (Å²) in [5.41, 5.74) is -0.593. The van der Waals surface area contributed by atoms with E-state index >= 15 is 0 Å². The van der Waals surface area contributed by atoms with Crippen molar-refractivity contribution in [3.05, 3.63) is 35.0 Å². The van der Waals surface area contributed by atoms with Crippen molar-refractivity contribution in [1.29, 1.82) is 0 Å². The average Bonchev–Trinajstić information content (AvgIpc) is 2.96.